The molecule has 1 amide bonds. The molecule has 0 saturated carbocycles. The molecule has 2 aromatic rings. The molecule has 122 valence electrons. The summed E-state index contributed by atoms with van der Waals surface area (Å²) >= 11 is 0. The Labute approximate surface area is 135 Å². The highest BCUT2D eigenvalue weighted by atomic mass is 16.5. The van der Waals surface area contributed by atoms with Gasteiger partial charge in [-0.05, 0) is 18.4 Å². The lowest BCUT2D eigenvalue weighted by atomic mass is 10.1. The molecule has 0 radical (unpaired) electrons. The van der Waals surface area contributed by atoms with Crippen molar-refractivity contribution in [2.24, 2.45) is 0 Å². The van der Waals surface area contributed by atoms with Crippen LogP contribution in [0.5, 0.6) is 0 Å². The monoisotopic (exact) mass is 315 g/mol. The average Bonchev–Trinajstić information content (AvgIpc) is 3.00. The second-order valence-electron chi connectivity index (χ2n) is 5.81. The van der Waals surface area contributed by atoms with E-state index < -0.39 is 0 Å². The third-order valence-electron chi connectivity index (χ3n) is 3.95. The Morgan fingerprint density at radius 3 is 2.96 bits per heavy atom. The van der Waals surface area contributed by atoms with Crippen LogP contribution in [-0.2, 0) is 22.6 Å². The van der Waals surface area contributed by atoms with E-state index >= 15 is 0 Å². The van der Waals surface area contributed by atoms with Gasteiger partial charge in [0.2, 0.25) is 11.8 Å². The maximum atomic E-state index is 12.4. The number of hydrogen-bond acceptors (Lipinski definition) is 5. The highest BCUT2D eigenvalue weighted by molar-refractivity contribution is 5.78. The summed E-state index contributed by atoms with van der Waals surface area (Å²) in [5, 5.41) is 3.82. The standard InChI is InChI=1S/C17H21N3O3/c1-13-18-16(19-23-13)12-22-15-8-5-9-20(11-15)17(21)10-14-6-3-2-4-7-14/h2-4,6-7,15H,5,8-12H2,1H3. The number of piperidine rings is 1. The van der Waals surface area contributed by atoms with Crippen LogP contribution in [0.15, 0.2) is 34.9 Å². The van der Waals surface area contributed by atoms with Gasteiger partial charge in [-0.1, -0.05) is 35.5 Å². The molecule has 2 heterocycles. The molecular weight excluding hydrogens is 294 g/mol. The second-order valence-corrected chi connectivity index (χ2v) is 5.81. The van der Waals surface area contributed by atoms with Gasteiger partial charge in [-0.15, -0.1) is 0 Å². The Bertz CT molecular complexity index is 642. The van der Waals surface area contributed by atoms with E-state index in [4.69, 9.17) is 9.26 Å². The number of rotatable bonds is 5. The number of hydrogen-bond donors (Lipinski definition) is 0. The van der Waals surface area contributed by atoms with E-state index in [1.807, 2.05) is 35.2 Å². The molecule has 23 heavy (non-hydrogen) atoms. The summed E-state index contributed by atoms with van der Waals surface area (Å²) < 4.78 is 10.8. The van der Waals surface area contributed by atoms with Gasteiger partial charge in [-0.25, -0.2) is 0 Å². The lowest BCUT2D eigenvalue weighted by Crippen LogP contribution is -2.43. The summed E-state index contributed by atoms with van der Waals surface area (Å²) in [6.45, 7) is 3.50. The maximum Gasteiger partial charge on any atom is 0.227 e. The van der Waals surface area contributed by atoms with Crippen LogP contribution in [0, 0.1) is 6.92 Å². The zero-order chi connectivity index (χ0) is 16.1. The highest BCUT2D eigenvalue weighted by Gasteiger charge is 2.24. The first-order chi connectivity index (χ1) is 11.2. The van der Waals surface area contributed by atoms with Crippen molar-refractivity contribution >= 4 is 5.91 Å². The van der Waals surface area contributed by atoms with E-state index in [0.29, 0.717) is 31.3 Å². The molecule has 0 bridgehead atoms. The molecule has 0 aliphatic carbocycles. The van der Waals surface area contributed by atoms with Crippen LogP contribution >= 0.6 is 0 Å². The van der Waals surface area contributed by atoms with Gasteiger partial charge in [0.1, 0.15) is 6.61 Å². The highest BCUT2D eigenvalue weighted by Crippen LogP contribution is 2.16. The molecule has 0 N–H and O–H groups in total. The summed E-state index contributed by atoms with van der Waals surface area (Å²) in [7, 11) is 0. The third kappa shape index (κ3) is 4.39. The van der Waals surface area contributed by atoms with Crippen LogP contribution < -0.4 is 0 Å². The fraction of sp³-hybridized carbons (Fsp3) is 0.471. The van der Waals surface area contributed by atoms with Gasteiger partial charge in [0.15, 0.2) is 5.82 Å². The van der Waals surface area contributed by atoms with Gasteiger partial charge in [0.05, 0.1) is 12.5 Å². The molecule has 1 aromatic heterocycles. The predicted octanol–water partition coefficient (Wildman–Crippen LogP) is 2.13. The number of aromatic nitrogens is 2. The molecule has 1 unspecified atom stereocenters. The second kappa shape index (κ2) is 7.37. The van der Waals surface area contributed by atoms with Gasteiger partial charge in [-0.2, -0.15) is 4.98 Å². The number of likely N-dealkylation sites (tertiary alicyclic amines) is 1. The Morgan fingerprint density at radius 1 is 1.39 bits per heavy atom. The van der Waals surface area contributed by atoms with Crippen molar-refractivity contribution in [2.75, 3.05) is 13.1 Å². The van der Waals surface area contributed by atoms with Crippen molar-refractivity contribution in [3.8, 4) is 0 Å². The molecule has 0 spiro atoms. The number of ether oxygens (including phenoxy) is 1. The quantitative estimate of drug-likeness (QED) is 0.845. The minimum atomic E-state index is 0.0299. The largest absolute Gasteiger partial charge is 0.368 e. The van der Waals surface area contributed by atoms with Crippen LogP contribution in [0.4, 0.5) is 0 Å². The van der Waals surface area contributed by atoms with E-state index in [1.165, 1.54) is 0 Å². The summed E-state index contributed by atoms with van der Waals surface area (Å²) in [4.78, 5) is 18.4. The summed E-state index contributed by atoms with van der Waals surface area (Å²) in [6, 6.07) is 9.83. The zero-order valence-corrected chi connectivity index (χ0v) is 13.3. The normalized spacial score (nSPS) is 18.1. The molecule has 1 aliphatic rings. The van der Waals surface area contributed by atoms with E-state index in [2.05, 4.69) is 10.1 Å². The smallest absolute Gasteiger partial charge is 0.227 e. The minimum Gasteiger partial charge on any atom is -0.368 e. The first-order valence-corrected chi connectivity index (χ1v) is 7.93. The average molecular weight is 315 g/mol. The van der Waals surface area contributed by atoms with E-state index in [0.717, 1.165) is 24.9 Å². The van der Waals surface area contributed by atoms with Crippen LogP contribution in [0.2, 0.25) is 0 Å². The van der Waals surface area contributed by atoms with Crippen LogP contribution in [0.3, 0.4) is 0 Å². The fourth-order valence-corrected chi connectivity index (χ4v) is 2.78. The Balaban J connectivity index is 1.50. The Kier molecular flexibility index (Phi) is 5.02. The first kappa shape index (κ1) is 15.7. The van der Waals surface area contributed by atoms with Crippen molar-refractivity contribution in [1.29, 1.82) is 0 Å². The number of carbonyl (C=O) groups is 1. The van der Waals surface area contributed by atoms with Crippen molar-refractivity contribution in [3.05, 3.63) is 47.6 Å². The number of nitrogens with zero attached hydrogens (tertiary/aromatic N) is 3. The van der Waals surface area contributed by atoms with Crippen LogP contribution in [0.25, 0.3) is 0 Å². The number of carbonyl (C=O) groups excluding carboxylic acids is 1. The fourth-order valence-electron chi connectivity index (χ4n) is 2.78. The predicted molar refractivity (Wildman–Crippen MR) is 83.6 cm³/mol. The molecule has 6 heteroatoms. The van der Waals surface area contributed by atoms with Gasteiger partial charge in [-0.3, -0.25) is 4.79 Å². The minimum absolute atomic E-state index is 0.0299. The summed E-state index contributed by atoms with van der Waals surface area (Å²) in [5.74, 6) is 1.24. The molecular formula is C17H21N3O3. The summed E-state index contributed by atoms with van der Waals surface area (Å²) in [5.41, 5.74) is 1.04. The van der Waals surface area contributed by atoms with Gasteiger partial charge >= 0.3 is 0 Å². The topological polar surface area (TPSA) is 68.5 Å². The van der Waals surface area contributed by atoms with Crippen LogP contribution in [-0.4, -0.2) is 40.1 Å². The molecule has 1 aromatic carbocycles. The van der Waals surface area contributed by atoms with Crippen molar-refractivity contribution in [2.45, 2.75) is 38.9 Å². The molecule has 1 saturated heterocycles. The van der Waals surface area contributed by atoms with Gasteiger partial charge in [0.25, 0.3) is 0 Å². The van der Waals surface area contributed by atoms with E-state index in [1.54, 1.807) is 6.92 Å². The number of benzene rings is 1. The molecule has 1 aliphatic heterocycles. The van der Waals surface area contributed by atoms with Gasteiger partial charge < -0.3 is 14.2 Å². The third-order valence-corrected chi connectivity index (χ3v) is 3.95. The Hall–Kier alpha value is -2.21. The first-order valence-electron chi connectivity index (χ1n) is 7.93. The van der Waals surface area contributed by atoms with E-state index in [9.17, 15) is 4.79 Å². The zero-order valence-electron chi connectivity index (χ0n) is 13.3. The number of amides is 1. The lowest BCUT2D eigenvalue weighted by Gasteiger charge is -2.32. The molecule has 1 atom stereocenters. The SMILES string of the molecule is Cc1nc(COC2CCCN(C(=O)Cc3ccccc3)C2)no1. The molecule has 1 fully saturated rings. The summed E-state index contributed by atoms with van der Waals surface area (Å²) in [6.07, 6.45) is 2.38. The maximum absolute atomic E-state index is 12.4. The molecule has 6 nitrogen and oxygen atoms in total. The van der Waals surface area contributed by atoms with Crippen molar-refractivity contribution < 1.29 is 14.1 Å². The van der Waals surface area contributed by atoms with E-state index in [-0.39, 0.29) is 12.0 Å². The van der Waals surface area contributed by atoms with Crippen molar-refractivity contribution in [3.63, 3.8) is 0 Å². The lowest BCUT2D eigenvalue weighted by molar-refractivity contribution is -0.135. The van der Waals surface area contributed by atoms with Crippen molar-refractivity contribution in [1.82, 2.24) is 15.0 Å². The Morgan fingerprint density at radius 2 is 2.22 bits per heavy atom. The van der Waals surface area contributed by atoms with Gasteiger partial charge in [0, 0.05) is 20.0 Å². The van der Waals surface area contributed by atoms with Crippen LogP contribution in [0.1, 0.15) is 30.1 Å². The number of aryl methyl sites for hydroxylation is 1. The molecule has 3 rings (SSSR count).